The fraction of sp³-hybridized carbons (Fsp3) is 0.345. The molecule has 1 unspecified atom stereocenters. The molecule has 2 fully saturated rings. The molecule has 3 aliphatic rings. The maximum absolute atomic E-state index is 12.3. The number of benzene rings is 1. The zero-order valence-corrected chi connectivity index (χ0v) is 20.4. The van der Waals surface area contributed by atoms with Crippen LogP contribution in [0.15, 0.2) is 66.0 Å². The summed E-state index contributed by atoms with van der Waals surface area (Å²) >= 11 is 0. The van der Waals surface area contributed by atoms with Crippen LogP contribution in [0, 0.1) is 17.2 Å². The largest absolute Gasteiger partial charge is 0.378 e. The summed E-state index contributed by atoms with van der Waals surface area (Å²) in [6, 6.07) is 15.1. The standard InChI is InChI=1S/C29H29N5O2/c1-29(10-8-25(21(17-29)18-30)33-28(35)20-2-3-20)24-9-11-31-27-23(24)16-26(32-27)19-4-6-22(7-5-19)34-12-14-36-15-13-34/h4-9,11,16-17,20H,2-3,10,12-15H2,1H3,(H,31,32)(H,33,35). The number of H-pyrrole nitrogens is 1. The van der Waals surface area contributed by atoms with Gasteiger partial charge in [0.1, 0.15) is 11.7 Å². The zero-order chi connectivity index (χ0) is 24.7. The minimum absolute atomic E-state index is 0.0206. The van der Waals surface area contributed by atoms with Gasteiger partial charge in [0.15, 0.2) is 0 Å². The van der Waals surface area contributed by atoms with E-state index in [9.17, 15) is 10.1 Å². The first-order valence-electron chi connectivity index (χ1n) is 12.6. The third-order valence-electron chi connectivity index (χ3n) is 7.51. The number of nitrogens with zero attached hydrogens (tertiary/aromatic N) is 3. The molecule has 2 aliphatic carbocycles. The lowest BCUT2D eigenvalue weighted by Crippen LogP contribution is -2.36. The lowest BCUT2D eigenvalue weighted by molar-refractivity contribution is -0.121. The molecule has 1 aromatic carbocycles. The van der Waals surface area contributed by atoms with Gasteiger partial charge in [-0.2, -0.15) is 5.26 Å². The summed E-state index contributed by atoms with van der Waals surface area (Å²) in [6.45, 7) is 5.50. The Labute approximate surface area is 210 Å². The summed E-state index contributed by atoms with van der Waals surface area (Å²) < 4.78 is 5.47. The van der Waals surface area contributed by atoms with Crippen LogP contribution in [0.25, 0.3) is 22.3 Å². The number of nitrogens with one attached hydrogen (secondary N) is 2. The third-order valence-corrected chi connectivity index (χ3v) is 7.51. The first-order chi connectivity index (χ1) is 17.5. The van der Waals surface area contributed by atoms with E-state index in [4.69, 9.17) is 4.74 Å². The number of morpholine rings is 1. The number of amides is 1. The molecule has 3 heterocycles. The van der Waals surface area contributed by atoms with Gasteiger partial charge in [-0.25, -0.2) is 4.98 Å². The number of ether oxygens (including phenoxy) is 1. The Hall–Kier alpha value is -3.89. The highest BCUT2D eigenvalue weighted by atomic mass is 16.5. The summed E-state index contributed by atoms with van der Waals surface area (Å²) in [5.41, 5.74) is 6.00. The molecule has 0 radical (unpaired) electrons. The number of nitriles is 1. The van der Waals surface area contributed by atoms with Gasteiger partial charge in [0.2, 0.25) is 5.91 Å². The third kappa shape index (κ3) is 4.18. The van der Waals surface area contributed by atoms with E-state index < -0.39 is 0 Å². The van der Waals surface area contributed by atoms with Crippen molar-refractivity contribution in [1.82, 2.24) is 15.3 Å². The molecular formula is C29H29N5O2. The number of aromatic nitrogens is 2. The minimum Gasteiger partial charge on any atom is -0.378 e. The van der Waals surface area contributed by atoms with Crippen molar-refractivity contribution in [2.45, 2.75) is 31.6 Å². The number of anilines is 1. The van der Waals surface area contributed by atoms with E-state index in [1.165, 1.54) is 5.69 Å². The smallest absolute Gasteiger partial charge is 0.227 e. The van der Waals surface area contributed by atoms with Crippen LogP contribution in [0.3, 0.4) is 0 Å². The predicted molar refractivity (Wildman–Crippen MR) is 139 cm³/mol. The molecule has 1 saturated heterocycles. The van der Waals surface area contributed by atoms with E-state index in [0.29, 0.717) is 17.7 Å². The number of pyridine rings is 1. The topological polar surface area (TPSA) is 94.0 Å². The van der Waals surface area contributed by atoms with Crippen LogP contribution in [0.2, 0.25) is 0 Å². The van der Waals surface area contributed by atoms with Crippen molar-refractivity contribution in [1.29, 1.82) is 5.26 Å². The van der Waals surface area contributed by atoms with E-state index in [-0.39, 0.29) is 17.2 Å². The monoisotopic (exact) mass is 479 g/mol. The molecule has 36 heavy (non-hydrogen) atoms. The summed E-state index contributed by atoms with van der Waals surface area (Å²) in [6.07, 6.45) is 8.36. The van der Waals surface area contributed by atoms with Gasteiger partial charge >= 0.3 is 0 Å². The minimum atomic E-state index is -0.389. The van der Waals surface area contributed by atoms with Crippen LogP contribution in [-0.4, -0.2) is 42.2 Å². The normalized spacial score (nSPS) is 22.1. The molecule has 7 nitrogen and oxygen atoms in total. The average molecular weight is 480 g/mol. The number of aromatic amines is 1. The molecule has 2 aromatic heterocycles. The molecule has 1 atom stereocenters. The quantitative estimate of drug-likeness (QED) is 0.558. The Morgan fingerprint density at radius 2 is 2.00 bits per heavy atom. The Kier molecular flexibility index (Phi) is 5.62. The first-order valence-corrected chi connectivity index (χ1v) is 12.6. The highest BCUT2D eigenvalue weighted by molar-refractivity contribution is 5.88. The average Bonchev–Trinajstić information content (AvgIpc) is 3.68. The van der Waals surface area contributed by atoms with Gasteiger partial charge in [0, 0.05) is 47.4 Å². The van der Waals surface area contributed by atoms with Crippen LogP contribution in [0.4, 0.5) is 5.69 Å². The van der Waals surface area contributed by atoms with Gasteiger partial charge in [0.25, 0.3) is 0 Å². The molecule has 0 spiro atoms. The fourth-order valence-electron chi connectivity index (χ4n) is 5.21. The van der Waals surface area contributed by atoms with Crippen molar-refractivity contribution >= 4 is 22.6 Å². The SMILES string of the molecule is CC1(c2ccnc3[nH]c(-c4ccc(N5CCOCC5)cc4)cc23)C=C(C#N)C(NC(=O)C2CC2)=CC1. The lowest BCUT2D eigenvalue weighted by atomic mass is 9.74. The molecule has 1 aliphatic heterocycles. The van der Waals surface area contributed by atoms with E-state index in [2.05, 4.69) is 63.5 Å². The van der Waals surface area contributed by atoms with Crippen LogP contribution >= 0.6 is 0 Å². The number of allylic oxidation sites excluding steroid dienone is 3. The summed E-state index contributed by atoms with van der Waals surface area (Å²) in [4.78, 5) is 22.7. The van der Waals surface area contributed by atoms with Gasteiger partial charge in [0.05, 0.1) is 24.5 Å². The summed E-state index contributed by atoms with van der Waals surface area (Å²) in [5, 5.41) is 13.9. The molecule has 1 amide bonds. The Morgan fingerprint density at radius 3 is 2.72 bits per heavy atom. The maximum Gasteiger partial charge on any atom is 0.227 e. The molecule has 182 valence electrons. The van der Waals surface area contributed by atoms with Crippen molar-refractivity contribution in [3.63, 3.8) is 0 Å². The molecule has 1 saturated carbocycles. The number of hydrogen-bond acceptors (Lipinski definition) is 5. The van der Waals surface area contributed by atoms with Gasteiger partial charge < -0.3 is 19.9 Å². The van der Waals surface area contributed by atoms with Crippen LogP contribution in [0.5, 0.6) is 0 Å². The van der Waals surface area contributed by atoms with Gasteiger partial charge in [-0.3, -0.25) is 4.79 Å². The Bertz CT molecular complexity index is 1420. The highest BCUT2D eigenvalue weighted by Gasteiger charge is 2.34. The second-order valence-corrected chi connectivity index (χ2v) is 10.1. The van der Waals surface area contributed by atoms with Gasteiger partial charge in [-0.15, -0.1) is 0 Å². The maximum atomic E-state index is 12.3. The highest BCUT2D eigenvalue weighted by Crippen LogP contribution is 2.40. The fourth-order valence-corrected chi connectivity index (χ4v) is 5.21. The number of fused-ring (bicyclic) bond motifs is 1. The van der Waals surface area contributed by atoms with Crippen molar-refractivity contribution in [2.75, 3.05) is 31.2 Å². The van der Waals surface area contributed by atoms with Crippen molar-refractivity contribution in [3.8, 4) is 17.3 Å². The second-order valence-electron chi connectivity index (χ2n) is 10.1. The molecule has 3 aromatic rings. The Balaban J connectivity index is 1.29. The Morgan fingerprint density at radius 1 is 1.22 bits per heavy atom. The molecule has 7 heteroatoms. The van der Waals surface area contributed by atoms with Crippen LogP contribution in [-0.2, 0) is 14.9 Å². The van der Waals surface area contributed by atoms with Crippen molar-refractivity contribution in [2.24, 2.45) is 5.92 Å². The lowest BCUT2D eigenvalue weighted by Gasteiger charge is -2.30. The molecular weight excluding hydrogens is 450 g/mol. The first kappa shape index (κ1) is 22.6. The predicted octanol–water partition coefficient (Wildman–Crippen LogP) is 4.59. The van der Waals surface area contributed by atoms with Gasteiger partial charge in [-0.1, -0.05) is 31.2 Å². The van der Waals surface area contributed by atoms with E-state index in [1.807, 2.05) is 24.4 Å². The molecule has 0 bridgehead atoms. The van der Waals surface area contributed by atoms with Crippen LogP contribution < -0.4 is 10.2 Å². The number of hydrogen-bond donors (Lipinski definition) is 2. The van der Waals surface area contributed by atoms with E-state index >= 15 is 0 Å². The van der Waals surface area contributed by atoms with E-state index in [1.54, 1.807) is 0 Å². The number of carbonyl (C=O) groups is 1. The van der Waals surface area contributed by atoms with E-state index in [0.717, 1.165) is 67.0 Å². The molecule has 2 N–H and O–H groups in total. The van der Waals surface area contributed by atoms with Crippen LogP contribution in [0.1, 0.15) is 31.7 Å². The van der Waals surface area contributed by atoms with Crippen molar-refractivity contribution in [3.05, 3.63) is 71.6 Å². The second kappa shape index (κ2) is 8.96. The number of rotatable bonds is 5. The number of carbonyl (C=O) groups excluding carboxylic acids is 1. The zero-order valence-electron chi connectivity index (χ0n) is 20.4. The molecule has 6 rings (SSSR count). The summed E-state index contributed by atoms with van der Waals surface area (Å²) in [7, 11) is 0. The van der Waals surface area contributed by atoms with Crippen molar-refractivity contribution < 1.29 is 9.53 Å². The van der Waals surface area contributed by atoms with Gasteiger partial charge in [-0.05, 0) is 54.7 Å². The summed E-state index contributed by atoms with van der Waals surface area (Å²) in [5.74, 6) is 0.118.